The molecule has 2 aliphatic rings. The van der Waals surface area contributed by atoms with Crippen molar-refractivity contribution in [3.63, 3.8) is 0 Å². The van der Waals surface area contributed by atoms with Crippen LogP contribution in [-0.2, 0) is 10.2 Å². The van der Waals surface area contributed by atoms with E-state index in [1.165, 1.54) is 12.1 Å². The molecule has 2 N–H and O–H groups in total. The van der Waals surface area contributed by atoms with Gasteiger partial charge in [0.05, 0.1) is 11.5 Å². The molecule has 3 rings (SSSR count). The minimum Gasteiger partial charge on any atom is -0.393 e. The van der Waals surface area contributed by atoms with Gasteiger partial charge in [-0.1, -0.05) is 37.8 Å². The second-order valence-corrected chi connectivity index (χ2v) is 7.55. The maximum Gasteiger partial charge on any atom is 0.230 e. The Labute approximate surface area is 143 Å². The molecule has 1 aromatic carbocycles. The van der Waals surface area contributed by atoms with Crippen molar-refractivity contribution in [2.45, 2.75) is 69.3 Å². The maximum absolute atomic E-state index is 13.7. The zero-order chi connectivity index (χ0) is 17.0. The fourth-order valence-corrected chi connectivity index (χ4v) is 4.44. The quantitative estimate of drug-likeness (QED) is 0.883. The second-order valence-electron chi connectivity index (χ2n) is 7.55. The molecule has 2 unspecified atom stereocenters. The van der Waals surface area contributed by atoms with Crippen LogP contribution < -0.4 is 5.32 Å². The third-order valence-corrected chi connectivity index (χ3v) is 5.83. The van der Waals surface area contributed by atoms with Gasteiger partial charge in [0, 0.05) is 6.54 Å². The van der Waals surface area contributed by atoms with Gasteiger partial charge < -0.3 is 10.4 Å². The minimum atomic E-state index is -0.590. The lowest BCUT2D eigenvalue weighted by Gasteiger charge is -2.37. The highest BCUT2D eigenvalue weighted by Crippen LogP contribution is 2.40. The first-order chi connectivity index (χ1) is 11.6. The molecular weight excluding hydrogens is 305 g/mol. The fourth-order valence-electron chi connectivity index (χ4n) is 4.44. The van der Waals surface area contributed by atoms with Gasteiger partial charge in [0.1, 0.15) is 5.82 Å². The summed E-state index contributed by atoms with van der Waals surface area (Å²) in [6, 6.07) is 6.54. The number of rotatable bonds is 4. The Morgan fingerprint density at radius 3 is 2.71 bits per heavy atom. The van der Waals surface area contributed by atoms with Crippen LogP contribution in [0.15, 0.2) is 24.3 Å². The highest BCUT2D eigenvalue weighted by atomic mass is 19.1. The Bertz CT molecular complexity index is 569. The van der Waals surface area contributed by atoms with Crippen LogP contribution in [0.1, 0.15) is 63.4 Å². The summed E-state index contributed by atoms with van der Waals surface area (Å²) in [4.78, 5) is 13.1. The largest absolute Gasteiger partial charge is 0.393 e. The number of carbonyl (C=O) groups is 1. The zero-order valence-corrected chi connectivity index (χ0v) is 14.3. The molecule has 1 amide bonds. The van der Waals surface area contributed by atoms with Crippen molar-refractivity contribution < 1.29 is 14.3 Å². The van der Waals surface area contributed by atoms with Crippen molar-refractivity contribution in [2.75, 3.05) is 6.54 Å². The summed E-state index contributed by atoms with van der Waals surface area (Å²) in [7, 11) is 0. The van der Waals surface area contributed by atoms with Gasteiger partial charge in [0.25, 0.3) is 0 Å². The molecule has 0 aromatic heterocycles. The second kappa shape index (κ2) is 7.64. The number of hydrogen-bond acceptors (Lipinski definition) is 2. The summed E-state index contributed by atoms with van der Waals surface area (Å²) < 4.78 is 13.7. The smallest absolute Gasteiger partial charge is 0.230 e. The summed E-state index contributed by atoms with van der Waals surface area (Å²) in [6.07, 6.45) is 8.22. The van der Waals surface area contributed by atoms with Crippen molar-refractivity contribution in [3.05, 3.63) is 35.6 Å². The lowest BCUT2D eigenvalue weighted by atomic mass is 9.68. The van der Waals surface area contributed by atoms with E-state index in [-0.39, 0.29) is 17.8 Å². The van der Waals surface area contributed by atoms with Crippen molar-refractivity contribution in [2.24, 2.45) is 5.92 Å². The van der Waals surface area contributed by atoms with Crippen LogP contribution >= 0.6 is 0 Å². The average Bonchev–Trinajstić information content (AvgIpc) is 2.60. The van der Waals surface area contributed by atoms with Crippen LogP contribution in [0.2, 0.25) is 0 Å². The van der Waals surface area contributed by atoms with Crippen LogP contribution in [0.4, 0.5) is 4.39 Å². The molecule has 0 spiro atoms. The number of hydrogen-bond donors (Lipinski definition) is 2. The molecule has 3 nitrogen and oxygen atoms in total. The molecule has 2 fully saturated rings. The van der Waals surface area contributed by atoms with E-state index in [2.05, 4.69) is 5.32 Å². The topological polar surface area (TPSA) is 49.3 Å². The third kappa shape index (κ3) is 3.80. The van der Waals surface area contributed by atoms with E-state index < -0.39 is 5.41 Å². The molecule has 2 saturated carbocycles. The number of amides is 1. The lowest BCUT2D eigenvalue weighted by molar-refractivity contribution is -0.128. The van der Waals surface area contributed by atoms with Crippen molar-refractivity contribution in [1.82, 2.24) is 5.32 Å². The molecule has 0 aliphatic heterocycles. The van der Waals surface area contributed by atoms with Crippen molar-refractivity contribution in [1.29, 1.82) is 0 Å². The Morgan fingerprint density at radius 2 is 2.00 bits per heavy atom. The van der Waals surface area contributed by atoms with Crippen LogP contribution in [0.5, 0.6) is 0 Å². The van der Waals surface area contributed by atoms with Gasteiger partial charge in [-0.25, -0.2) is 4.39 Å². The lowest BCUT2D eigenvalue weighted by Crippen LogP contribution is -2.47. The van der Waals surface area contributed by atoms with E-state index in [9.17, 15) is 14.3 Å². The van der Waals surface area contributed by atoms with Crippen LogP contribution in [0.25, 0.3) is 0 Å². The monoisotopic (exact) mass is 333 g/mol. The van der Waals surface area contributed by atoms with E-state index in [1.807, 2.05) is 6.07 Å². The predicted octanol–water partition coefficient (Wildman–Crippen LogP) is 3.69. The number of halogens is 1. The molecule has 2 aliphatic carbocycles. The number of nitrogens with one attached hydrogen (secondary N) is 1. The summed E-state index contributed by atoms with van der Waals surface area (Å²) in [6.45, 7) is 0.618. The first kappa shape index (κ1) is 17.4. The summed E-state index contributed by atoms with van der Waals surface area (Å²) >= 11 is 0. The van der Waals surface area contributed by atoms with Crippen LogP contribution in [0.3, 0.4) is 0 Å². The fraction of sp³-hybridized carbons (Fsp3) is 0.650. The highest BCUT2D eigenvalue weighted by Gasteiger charge is 2.41. The van der Waals surface area contributed by atoms with Crippen LogP contribution in [0, 0.1) is 11.7 Å². The molecule has 0 saturated heterocycles. The molecule has 0 heterocycles. The van der Waals surface area contributed by atoms with Gasteiger partial charge in [-0.2, -0.15) is 0 Å². The Balaban J connectivity index is 1.72. The molecule has 132 valence electrons. The Morgan fingerprint density at radius 1 is 1.21 bits per heavy atom. The molecule has 0 radical (unpaired) electrons. The predicted molar refractivity (Wildman–Crippen MR) is 92.1 cm³/mol. The third-order valence-electron chi connectivity index (χ3n) is 5.83. The van der Waals surface area contributed by atoms with Gasteiger partial charge in [0.2, 0.25) is 5.91 Å². The molecule has 24 heavy (non-hydrogen) atoms. The summed E-state index contributed by atoms with van der Waals surface area (Å²) in [5, 5.41) is 12.9. The van der Waals surface area contributed by atoms with Crippen LogP contribution in [-0.4, -0.2) is 23.7 Å². The Kier molecular flexibility index (Phi) is 5.54. The molecule has 0 bridgehead atoms. The van der Waals surface area contributed by atoms with Crippen molar-refractivity contribution in [3.8, 4) is 0 Å². The highest BCUT2D eigenvalue weighted by molar-refractivity contribution is 5.88. The van der Waals surface area contributed by atoms with Crippen molar-refractivity contribution >= 4 is 5.91 Å². The maximum atomic E-state index is 13.7. The Hall–Kier alpha value is -1.42. The first-order valence-electron chi connectivity index (χ1n) is 9.32. The number of benzene rings is 1. The summed E-state index contributed by atoms with van der Waals surface area (Å²) in [5.74, 6) is 0.111. The van der Waals surface area contributed by atoms with E-state index in [4.69, 9.17) is 0 Å². The number of carbonyl (C=O) groups excluding carboxylic acids is 1. The van der Waals surface area contributed by atoms with Gasteiger partial charge >= 0.3 is 0 Å². The van der Waals surface area contributed by atoms with Gasteiger partial charge in [-0.15, -0.1) is 0 Å². The normalized spacial score (nSPS) is 26.8. The number of aliphatic hydroxyl groups excluding tert-OH is 1. The zero-order valence-electron chi connectivity index (χ0n) is 14.3. The van der Waals surface area contributed by atoms with E-state index in [0.29, 0.717) is 12.5 Å². The van der Waals surface area contributed by atoms with E-state index >= 15 is 0 Å². The molecule has 2 atom stereocenters. The molecule has 4 heteroatoms. The molecule has 1 aromatic rings. The van der Waals surface area contributed by atoms with Gasteiger partial charge in [-0.3, -0.25) is 4.79 Å². The molecular formula is C20H28FNO2. The SMILES string of the molecule is O=C(NCC1CCCC(O)C1)C1(c2cccc(F)c2)CCCCC1. The van der Waals surface area contributed by atoms with Gasteiger partial charge in [0.15, 0.2) is 0 Å². The van der Waals surface area contributed by atoms with Gasteiger partial charge in [-0.05, 0) is 55.7 Å². The first-order valence-corrected chi connectivity index (χ1v) is 9.32. The van der Waals surface area contributed by atoms with E-state index in [1.54, 1.807) is 6.07 Å². The average molecular weight is 333 g/mol. The van der Waals surface area contributed by atoms with E-state index in [0.717, 1.165) is 63.4 Å². The number of aliphatic hydroxyl groups is 1. The standard InChI is InChI=1S/C20H28FNO2/c21-17-8-5-7-16(13-17)20(10-2-1-3-11-20)19(24)22-14-15-6-4-9-18(23)12-15/h5,7-8,13,15,18,23H,1-4,6,9-12,14H2,(H,22,24). The minimum absolute atomic E-state index is 0.0351. The summed E-state index contributed by atoms with van der Waals surface area (Å²) in [5.41, 5.74) is 0.219.